The molecular weight excluding hydrogens is 696 g/mol. The van der Waals surface area contributed by atoms with Gasteiger partial charge in [-0.15, -0.1) is 12.4 Å². The van der Waals surface area contributed by atoms with E-state index in [0.717, 1.165) is 62.9 Å². The van der Waals surface area contributed by atoms with E-state index in [2.05, 4.69) is 5.32 Å². The van der Waals surface area contributed by atoms with Gasteiger partial charge in [0.1, 0.15) is 17.1 Å². The molecular formula is C37H57ClN4O10. The van der Waals surface area contributed by atoms with Gasteiger partial charge in [0.25, 0.3) is 11.8 Å². The van der Waals surface area contributed by atoms with E-state index >= 15 is 0 Å². The molecule has 0 atom stereocenters. The van der Waals surface area contributed by atoms with Crippen LogP contribution in [0.1, 0.15) is 47.5 Å². The summed E-state index contributed by atoms with van der Waals surface area (Å²) < 4.78 is 36.5. The maximum Gasteiger partial charge on any atom is 0.414 e. The van der Waals surface area contributed by atoms with Crippen molar-refractivity contribution in [2.75, 3.05) is 113 Å². The molecule has 0 saturated carbocycles. The van der Waals surface area contributed by atoms with Gasteiger partial charge < -0.3 is 48.3 Å². The predicted octanol–water partition coefficient (Wildman–Crippen LogP) is 5.55. The summed E-state index contributed by atoms with van der Waals surface area (Å²) in [5.41, 5.74) is 2.58. The molecule has 1 saturated heterocycles. The quantitative estimate of drug-likeness (QED) is 0.274. The third-order valence-electron chi connectivity index (χ3n) is 7.61. The normalized spacial score (nSPS) is 14.8. The van der Waals surface area contributed by atoms with Crippen LogP contribution in [0.5, 0.6) is 11.5 Å². The third-order valence-corrected chi connectivity index (χ3v) is 7.61. The molecule has 2 aromatic rings. The largest absolute Gasteiger partial charge is 0.482 e. The minimum atomic E-state index is -0.579. The van der Waals surface area contributed by atoms with Gasteiger partial charge in [-0.05, 0) is 83.9 Å². The number of fused-ring (bicyclic) bond motifs is 2. The van der Waals surface area contributed by atoms with Gasteiger partial charge in [-0.25, -0.2) is 4.79 Å². The minimum Gasteiger partial charge on any atom is -0.482 e. The Balaban J connectivity index is 0.000000314. The van der Waals surface area contributed by atoms with Crippen LogP contribution in [0.4, 0.5) is 27.5 Å². The van der Waals surface area contributed by atoms with Crippen molar-refractivity contribution in [1.82, 2.24) is 0 Å². The Morgan fingerprint density at radius 3 is 1.75 bits per heavy atom. The summed E-state index contributed by atoms with van der Waals surface area (Å²) in [7, 11) is 3.30. The highest BCUT2D eigenvalue weighted by atomic mass is 35.5. The number of rotatable bonds is 12. The van der Waals surface area contributed by atoms with Gasteiger partial charge in [-0.2, -0.15) is 0 Å². The Hall–Kier alpha value is -3.82. The number of hydrogen-bond donors (Lipinski definition) is 1. The number of ether oxygens (including phenoxy) is 7. The molecule has 0 aromatic heterocycles. The van der Waals surface area contributed by atoms with Crippen molar-refractivity contribution in [3.8, 4) is 11.5 Å². The molecule has 5 rings (SSSR count). The number of nitrogens with zero attached hydrogens (tertiary/aromatic N) is 3. The molecule has 0 radical (unpaired) electrons. The third kappa shape index (κ3) is 14.0. The summed E-state index contributed by atoms with van der Waals surface area (Å²) in [6, 6.07) is 11.2. The van der Waals surface area contributed by atoms with Gasteiger partial charge in [0.05, 0.1) is 37.8 Å². The van der Waals surface area contributed by atoms with Gasteiger partial charge in [0.15, 0.2) is 13.2 Å². The highest BCUT2D eigenvalue weighted by Gasteiger charge is 2.29. The Morgan fingerprint density at radius 1 is 0.808 bits per heavy atom. The Morgan fingerprint density at radius 2 is 1.31 bits per heavy atom. The number of anilines is 4. The van der Waals surface area contributed by atoms with Crippen molar-refractivity contribution in [1.29, 1.82) is 0 Å². The average molecular weight is 753 g/mol. The van der Waals surface area contributed by atoms with E-state index in [-0.39, 0.29) is 37.4 Å². The fourth-order valence-corrected chi connectivity index (χ4v) is 5.27. The second-order valence-electron chi connectivity index (χ2n) is 12.7. The summed E-state index contributed by atoms with van der Waals surface area (Å²) in [4.78, 5) is 41.7. The summed E-state index contributed by atoms with van der Waals surface area (Å²) in [6.07, 6.45) is 1.11. The van der Waals surface area contributed by atoms with Gasteiger partial charge in [0.2, 0.25) is 0 Å². The lowest BCUT2D eigenvalue weighted by Gasteiger charge is -2.31. The molecule has 14 nitrogen and oxygen atoms in total. The second kappa shape index (κ2) is 23.0. The first-order chi connectivity index (χ1) is 24.5. The molecule has 0 aliphatic carbocycles. The van der Waals surface area contributed by atoms with Crippen LogP contribution in [0, 0.1) is 0 Å². The van der Waals surface area contributed by atoms with E-state index in [1.807, 2.05) is 52.8 Å². The van der Waals surface area contributed by atoms with Crippen molar-refractivity contribution in [2.45, 2.75) is 53.1 Å². The molecule has 0 unspecified atom stereocenters. The molecule has 0 spiro atoms. The first-order valence-corrected chi connectivity index (χ1v) is 17.5. The highest BCUT2D eigenvalue weighted by molar-refractivity contribution is 6.00. The second-order valence-corrected chi connectivity index (χ2v) is 12.7. The van der Waals surface area contributed by atoms with Gasteiger partial charge in [-0.1, -0.05) is 0 Å². The Bertz CT molecular complexity index is 1390. The maximum atomic E-state index is 12.5. The number of carbonyl (C=O) groups is 3. The summed E-state index contributed by atoms with van der Waals surface area (Å²) in [6.45, 7) is 16.3. The smallest absolute Gasteiger partial charge is 0.414 e. The van der Waals surface area contributed by atoms with E-state index in [1.165, 1.54) is 4.90 Å². The van der Waals surface area contributed by atoms with E-state index in [4.69, 9.17) is 33.2 Å². The molecule has 292 valence electrons. The number of amides is 3. The van der Waals surface area contributed by atoms with Crippen LogP contribution in [0.2, 0.25) is 0 Å². The number of hydrogen-bond acceptors (Lipinski definition) is 11. The van der Waals surface area contributed by atoms with E-state index in [1.54, 1.807) is 42.2 Å². The van der Waals surface area contributed by atoms with Crippen LogP contribution in [0.3, 0.4) is 0 Å². The summed E-state index contributed by atoms with van der Waals surface area (Å²) in [5.74, 6) is 1.29. The van der Waals surface area contributed by atoms with Crippen molar-refractivity contribution < 1.29 is 47.5 Å². The lowest BCUT2D eigenvalue weighted by molar-refractivity contribution is -0.122. The zero-order chi connectivity index (χ0) is 37.2. The van der Waals surface area contributed by atoms with E-state index in [0.29, 0.717) is 50.0 Å². The molecule has 3 aliphatic heterocycles. The Kier molecular flexibility index (Phi) is 19.6. The van der Waals surface area contributed by atoms with Crippen LogP contribution in [-0.2, 0) is 33.3 Å². The lowest BCUT2D eigenvalue weighted by atomic mass is 10.2. The van der Waals surface area contributed by atoms with Crippen LogP contribution < -0.4 is 29.5 Å². The lowest BCUT2D eigenvalue weighted by Crippen LogP contribution is -2.40. The van der Waals surface area contributed by atoms with Crippen LogP contribution >= 0.6 is 12.4 Å². The number of benzene rings is 2. The van der Waals surface area contributed by atoms with Crippen molar-refractivity contribution in [3.05, 3.63) is 36.4 Å². The topological polar surface area (TPSA) is 138 Å². The number of methoxy groups -OCH3 is 2. The van der Waals surface area contributed by atoms with Crippen molar-refractivity contribution in [2.24, 2.45) is 0 Å². The first-order valence-electron chi connectivity index (χ1n) is 17.5. The zero-order valence-corrected chi connectivity index (χ0v) is 32.5. The van der Waals surface area contributed by atoms with Crippen molar-refractivity contribution >= 4 is 53.1 Å². The first kappa shape index (κ1) is 44.3. The molecule has 3 amide bonds. The van der Waals surface area contributed by atoms with E-state index < -0.39 is 11.7 Å². The van der Waals surface area contributed by atoms with Gasteiger partial charge >= 0.3 is 6.09 Å². The summed E-state index contributed by atoms with van der Waals surface area (Å²) in [5, 5.41) is 3.24. The molecule has 2 aromatic carbocycles. The Labute approximate surface area is 314 Å². The molecule has 52 heavy (non-hydrogen) atoms. The SMILES string of the molecule is C1COCCO1.CCN(C(=O)OC(C)(C)C)c1ccc2c(c1)N(CCCOC)C(=O)CO2.CCNc1ccc2c(c1)N(CCCOC)C(=O)CO2.Cl. The molecule has 3 aliphatic rings. The van der Waals surface area contributed by atoms with Crippen LogP contribution in [0.25, 0.3) is 0 Å². The van der Waals surface area contributed by atoms with Crippen molar-refractivity contribution in [3.63, 3.8) is 0 Å². The monoisotopic (exact) mass is 752 g/mol. The van der Waals surface area contributed by atoms with Crippen LogP contribution in [-0.4, -0.2) is 117 Å². The number of carbonyl (C=O) groups excluding carboxylic acids is 3. The molecule has 0 bridgehead atoms. The van der Waals surface area contributed by atoms with E-state index in [9.17, 15) is 14.4 Å². The fourth-order valence-electron chi connectivity index (χ4n) is 5.27. The minimum absolute atomic E-state index is 0. The standard InChI is InChI=1S/C19H28N2O5.C14H20N2O3.C4H8O2.ClH/c1-6-20(18(23)26-19(2,3)4)14-8-9-16-15(12-14)21(10-7-11-24-5)17(22)13-25-16;1-3-15-11-5-6-13-12(9-11)16(7-4-8-18-2)14(17)10-19-13;1-2-6-4-3-5-1;/h8-9,12H,6-7,10-11,13H2,1-5H3;5-6,9,15H,3-4,7-8,10H2,1-2H3;1-4H2;1H. The number of halogens is 1. The zero-order valence-electron chi connectivity index (χ0n) is 31.7. The molecule has 3 heterocycles. The molecule has 15 heteroatoms. The summed E-state index contributed by atoms with van der Waals surface area (Å²) >= 11 is 0. The molecule has 1 N–H and O–H groups in total. The predicted molar refractivity (Wildman–Crippen MR) is 204 cm³/mol. The van der Waals surface area contributed by atoms with Crippen LogP contribution in [0.15, 0.2) is 36.4 Å². The average Bonchev–Trinajstić information content (AvgIpc) is 3.11. The fraction of sp³-hybridized carbons (Fsp3) is 0.595. The van der Waals surface area contributed by atoms with Gasteiger partial charge in [-0.3, -0.25) is 14.5 Å². The molecule has 1 fully saturated rings. The van der Waals surface area contributed by atoms with Gasteiger partial charge in [0, 0.05) is 65.0 Å². The maximum absolute atomic E-state index is 12.5. The highest BCUT2D eigenvalue weighted by Crippen LogP contribution is 2.37. The number of nitrogens with one attached hydrogen (secondary N) is 1.